The Labute approximate surface area is 96.4 Å². The van der Waals surface area contributed by atoms with Gasteiger partial charge in [-0.05, 0) is 18.4 Å². The molecule has 0 aliphatic carbocycles. The number of rotatable bonds is 4. The standard InChI is InChI=1S/C13H18O3/c1-10(2)9-15-13(14)16-11(3)12-7-5-4-6-8-12/h4-8,10-11H,9H2,1-3H3/t11-/m0/s1. The van der Waals surface area contributed by atoms with Crippen molar-refractivity contribution in [3.8, 4) is 0 Å². The molecule has 0 unspecified atom stereocenters. The summed E-state index contributed by atoms with van der Waals surface area (Å²) in [5.41, 5.74) is 0.962. The summed E-state index contributed by atoms with van der Waals surface area (Å²) < 4.78 is 10.1. The third-order valence-corrected chi connectivity index (χ3v) is 2.08. The predicted molar refractivity (Wildman–Crippen MR) is 62.1 cm³/mol. The van der Waals surface area contributed by atoms with Gasteiger partial charge >= 0.3 is 6.16 Å². The van der Waals surface area contributed by atoms with Gasteiger partial charge in [-0.25, -0.2) is 4.79 Å². The zero-order valence-corrected chi connectivity index (χ0v) is 9.97. The maximum Gasteiger partial charge on any atom is 0.508 e. The van der Waals surface area contributed by atoms with Crippen LogP contribution in [0.4, 0.5) is 4.79 Å². The zero-order valence-electron chi connectivity index (χ0n) is 9.97. The van der Waals surface area contributed by atoms with Crippen LogP contribution in [0.2, 0.25) is 0 Å². The van der Waals surface area contributed by atoms with Crippen molar-refractivity contribution in [3.63, 3.8) is 0 Å². The maximum atomic E-state index is 11.3. The van der Waals surface area contributed by atoms with Crippen LogP contribution in [0, 0.1) is 5.92 Å². The SMILES string of the molecule is CC(C)COC(=O)O[C@@H](C)c1ccccc1. The summed E-state index contributed by atoms with van der Waals surface area (Å²) in [6, 6.07) is 9.58. The van der Waals surface area contributed by atoms with Crippen LogP contribution in [-0.2, 0) is 9.47 Å². The summed E-state index contributed by atoms with van der Waals surface area (Å²) in [7, 11) is 0. The fourth-order valence-electron chi connectivity index (χ4n) is 1.21. The van der Waals surface area contributed by atoms with Crippen LogP contribution in [0.3, 0.4) is 0 Å². The molecule has 0 bridgehead atoms. The summed E-state index contributed by atoms with van der Waals surface area (Å²) in [6.07, 6.45) is -0.883. The monoisotopic (exact) mass is 222 g/mol. The van der Waals surface area contributed by atoms with E-state index in [1.807, 2.05) is 51.1 Å². The van der Waals surface area contributed by atoms with Gasteiger partial charge in [0, 0.05) is 0 Å². The van der Waals surface area contributed by atoms with Crippen LogP contribution in [0.25, 0.3) is 0 Å². The van der Waals surface area contributed by atoms with Crippen molar-refractivity contribution in [2.45, 2.75) is 26.9 Å². The Morgan fingerprint density at radius 2 is 1.81 bits per heavy atom. The van der Waals surface area contributed by atoms with Crippen LogP contribution < -0.4 is 0 Å². The molecule has 0 amide bonds. The molecule has 0 fully saturated rings. The molecule has 88 valence electrons. The minimum atomic E-state index is -0.606. The topological polar surface area (TPSA) is 35.5 Å². The highest BCUT2D eigenvalue weighted by atomic mass is 16.7. The van der Waals surface area contributed by atoms with Gasteiger partial charge in [-0.1, -0.05) is 44.2 Å². The molecule has 3 nitrogen and oxygen atoms in total. The summed E-state index contributed by atoms with van der Waals surface area (Å²) >= 11 is 0. The van der Waals surface area contributed by atoms with Crippen LogP contribution in [0.5, 0.6) is 0 Å². The molecule has 1 aromatic carbocycles. The summed E-state index contributed by atoms with van der Waals surface area (Å²) in [4.78, 5) is 11.3. The van der Waals surface area contributed by atoms with Gasteiger partial charge in [0.15, 0.2) is 0 Å². The average Bonchev–Trinajstić information content (AvgIpc) is 2.27. The van der Waals surface area contributed by atoms with Crippen LogP contribution >= 0.6 is 0 Å². The van der Waals surface area contributed by atoms with E-state index >= 15 is 0 Å². The molecule has 0 N–H and O–H groups in total. The van der Waals surface area contributed by atoms with Crippen molar-refractivity contribution in [1.82, 2.24) is 0 Å². The van der Waals surface area contributed by atoms with E-state index in [1.165, 1.54) is 0 Å². The zero-order chi connectivity index (χ0) is 12.0. The highest BCUT2D eigenvalue weighted by Crippen LogP contribution is 2.16. The van der Waals surface area contributed by atoms with Gasteiger partial charge in [0.2, 0.25) is 0 Å². The van der Waals surface area contributed by atoms with Gasteiger partial charge in [-0.15, -0.1) is 0 Å². The Kier molecular flexibility index (Phi) is 4.83. The fraction of sp³-hybridized carbons (Fsp3) is 0.462. The van der Waals surface area contributed by atoms with E-state index in [2.05, 4.69) is 0 Å². The van der Waals surface area contributed by atoms with Gasteiger partial charge in [-0.2, -0.15) is 0 Å². The van der Waals surface area contributed by atoms with E-state index in [0.717, 1.165) is 5.56 Å². The predicted octanol–water partition coefficient (Wildman–Crippen LogP) is 3.56. The minimum absolute atomic E-state index is 0.277. The number of carbonyl (C=O) groups is 1. The third-order valence-electron chi connectivity index (χ3n) is 2.08. The first-order valence-corrected chi connectivity index (χ1v) is 5.48. The molecule has 1 atom stereocenters. The summed E-state index contributed by atoms with van der Waals surface area (Å²) in [5, 5.41) is 0. The number of carbonyl (C=O) groups excluding carboxylic acids is 1. The summed E-state index contributed by atoms with van der Waals surface area (Å²) in [5.74, 6) is 0.319. The van der Waals surface area contributed by atoms with Crippen LogP contribution in [0.1, 0.15) is 32.4 Å². The first kappa shape index (κ1) is 12.6. The Bertz CT molecular complexity index is 319. The first-order chi connectivity index (χ1) is 7.59. The molecule has 0 heterocycles. The molecule has 3 heteroatoms. The molecule has 16 heavy (non-hydrogen) atoms. The molecule has 0 radical (unpaired) electrons. The molecular weight excluding hydrogens is 204 g/mol. The van der Waals surface area contributed by atoms with Crippen molar-refractivity contribution in [2.75, 3.05) is 6.61 Å². The molecule has 0 saturated heterocycles. The van der Waals surface area contributed by atoms with Gasteiger partial charge in [0.25, 0.3) is 0 Å². The Morgan fingerprint density at radius 1 is 1.19 bits per heavy atom. The molecule has 0 aliphatic rings. The summed E-state index contributed by atoms with van der Waals surface area (Å²) in [6.45, 7) is 6.17. The molecule has 0 aliphatic heterocycles. The number of hydrogen-bond donors (Lipinski definition) is 0. The second-order valence-corrected chi connectivity index (χ2v) is 4.13. The first-order valence-electron chi connectivity index (χ1n) is 5.48. The normalized spacial score (nSPS) is 12.2. The second kappa shape index (κ2) is 6.16. The van der Waals surface area contributed by atoms with Gasteiger partial charge < -0.3 is 9.47 Å². The lowest BCUT2D eigenvalue weighted by molar-refractivity contribution is 0.0225. The second-order valence-electron chi connectivity index (χ2n) is 4.13. The molecule has 1 rings (SSSR count). The van der Waals surface area contributed by atoms with Crippen molar-refractivity contribution in [2.24, 2.45) is 5.92 Å². The van der Waals surface area contributed by atoms with Crippen LogP contribution in [-0.4, -0.2) is 12.8 Å². The van der Waals surface area contributed by atoms with Crippen molar-refractivity contribution < 1.29 is 14.3 Å². The van der Waals surface area contributed by atoms with E-state index < -0.39 is 6.16 Å². The maximum absolute atomic E-state index is 11.3. The average molecular weight is 222 g/mol. The molecule has 0 spiro atoms. The lowest BCUT2D eigenvalue weighted by atomic mass is 10.1. The minimum Gasteiger partial charge on any atom is -0.434 e. The highest BCUT2D eigenvalue weighted by Gasteiger charge is 2.12. The van der Waals surface area contributed by atoms with E-state index in [1.54, 1.807) is 0 Å². The van der Waals surface area contributed by atoms with Gasteiger partial charge in [0.1, 0.15) is 6.10 Å². The van der Waals surface area contributed by atoms with Crippen molar-refractivity contribution in [3.05, 3.63) is 35.9 Å². The Morgan fingerprint density at radius 3 is 2.38 bits per heavy atom. The fourth-order valence-corrected chi connectivity index (χ4v) is 1.21. The molecule has 0 aromatic heterocycles. The van der Waals surface area contributed by atoms with Crippen molar-refractivity contribution in [1.29, 1.82) is 0 Å². The number of hydrogen-bond acceptors (Lipinski definition) is 3. The molecule has 0 saturated carbocycles. The lowest BCUT2D eigenvalue weighted by Crippen LogP contribution is -2.13. The van der Waals surface area contributed by atoms with E-state index in [9.17, 15) is 4.79 Å². The molecule has 1 aromatic rings. The number of ether oxygens (including phenoxy) is 2. The number of benzene rings is 1. The van der Waals surface area contributed by atoms with E-state index in [-0.39, 0.29) is 6.10 Å². The van der Waals surface area contributed by atoms with E-state index in [4.69, 9.17) is 9.47 Å². The lowest BCUT2D eigenvalue weighted by Gasteiger charge is -2.14. The Hall–Kier alpha value is -1.51. The smallest absolute Gasteiger partial charge is 0.434 e. The largest absolute Gasteiger partial charge is 0.508 e. The van der Waals surface area contributed by atoms with E-state index in [0.29, 0.717) is 12.5 Å². The highest BCUT2D eigenvalue weighted by molar-refractivity contribution is 5.60. The van der Waals surface area contributed by atoms with Crippen LogP contribution in [0.15, 0.2) is 30.3 Å². The quantitative estimate of drug-likeness (QED) is 0.731. The van der Waals surface area contributed by atoms with Gasteiger partial charge in [-0.3, -0.25) is 0 Å². The van der Waals surface area contributed by atoms with Crippen molar-refractivity contribution >= 4 is 6.16 Å². The van der Waals surface area contributed by atoms with Gasteiger partial charge in [0.05, 0.1) is 6.61 Å². The molecular formula is C13H18O3. The third kappa shape index (κ3) is 4.34. The Balaban J connectivity index is 2.40.